The maximum atomic E-state index is 13.4. The highest BCUT2D eigenvalue weighted by Gasteiger charge is 2.35. The Morgan fingerprint density at radius 2 is 2.00 bits per heavy atom. The van der Waals surface area contributed by atoms with Gasteiger partial charge in [0.2, 0.25) is 5.91 Å². The Balaban J connectivity index is 1.40. The van der Waals surface area contributed by atoms with Gasteiger partial charge in [-0.3, -0.25) is 14.3 Å². The van der Waals surface area contributed by atoms with Crippen molar-refractivity contribution in [3.63, 3.8) is 0 Å². The van der Waals surface area contributed by atoms with Crippen LogP contribution in [0.15, 0.2) is 48.7 Å². The van der Waals surface area contributed by atoms with E-state index in [9.17, 15) is 9.59 Å². The highest BCUT2D eigenvalue weighted by atomic mass is 16.5. The van der Waals surface area contributed by atoms with E-state index in [4.69, 9.17) is 4.74 Å². The number of amides is 2. The van der Waals surface area contributed by atoms with Crippen LogP contribution in [0.5, 0.6) is 5.75 Å². The SMILES string of the molecule is COc1cccc(CN2CC=CCC(C3CCN(C(=O)c4ccnn4C)CC3)C2=O)c1. The second-order valence-electron chi connectivity index (χ2n) is 8.35. The molecule has 31 heavy (non-hydrogen) atoms. The van der Waals surface area contributed by atoms with Crippen molar-refractivity contribution < 1.29 is 14.3 Å². The minimum absolute atomic E-state index is 0.0187. The van der Waals surface area contributed by atoms with Crippen molar-refractivity contribution >= 4 is 11.8 Å². The first-order valence-corrected chi connectivity index (χ1v) is 10.9. The van der Waals surface area contributed by atoms with E-state index in [1.165, 1.54) is 0 Å². The first kappa shape index (κ1) is 21.2. The molecule has 7 heteroatoms. The third kappa shape index (κ3) is 4.65. The Bertz CT molecular complexity index is 959. The van der Waals surface area contributed by atoms with E-state index in [1.54, 1.807) is 31.1 Å². The molecule has 2 aromatic rings. The Kier molecular flexibility index (Phi) is 6.39. The molecule has 1 atom stereocenters. The standard InChI is InChI=1S/C24H30N4O3/c1-26-22(9-12-25-26)24(30)27-14-10-19(11-15-27)21-8-3-4-13-28(23(21)29)17-18-6-5-7-20(16-18)31-2/h3-7,9,12,16,19,21H,8,10-11,13-15,17H2,1-2H3. The molecule has 1 aromatic heterocycles. The summed E-state index contributed by atoms with van der Waals surface area (Å²) in [6.07, 6.45) is 8.35. The van der Waals surface area contributed by atoms with Gasteiger partial charge in [-0.1, -0.05) is 24.3 Å². The molecule has 0 radical (unpaired) electrons. The molecule has 1 unspecified atom stereocenters. The number of allylic oxidation sites excluding steroid dienone is 1. The number of nitrogens with zero attached hydrogens (tertiary/aromatic N) is 4. The van der Waals surface area contributed by atoms with Crippen LogP contribution in [0.4, 0.5) is 0 Å². The Labute approximate surface area is 183 Å². The lowest BCUT2D eigenvalue weighted by atomic mass is 9.81. The van der Waals surface area contributed by atoms with E-state index < -0.39 is 0 Å². The number of ether oxygens (including phenoxy) is 1. The molecule has 2 aliphatic rings. The number of piperidine rings is 1. The first-order valence-electron chi connectivity index (χ1n) is 10.9. The topological polar surface area (TPSA) is 67.7 Å². The fraction of sp³-hybridized carbons (Fsp3) is 0.458. The Morgan fingerprint density at radius 3 is 2.71 bits per heavy atom. The Morgan fingerprint density at radius 1 is 1.19 bits per heavy atom. The van der Waals surface area contributed by atoms with Gasteiger partial charge in [0, 0.05) is 45.3 Å². The number of carbonyl (C=O) groups excluding carboxylic acids is 2. The van der Waals surface area contributed by atoms with Crippen LogP contribution in [0.3, 0.4) is 0 Å². The van der Waals surface area contributed by atoms with Gasteiger partial charge in [-0.2, -0.15) is 5.10 Å². The zero-order valence-corrected chi connectivity index (χ0v) is 18.2. The summed E-state index contributed by atoms with van der Waals surface area (Å²) in [5, 5.41) is 4.10. The number of benzene rings is 1. The van der Waals surface area contributed by atoms with Gasteiger partial charge in [0.25, 0.3) is 5.91 Å². The molecule has 1 aromatic carbocycles. The molecule has 0 aliphatic carbocycles. The molecule has 1 saturated heterocycles. The summed E-state index contributed by atoms with van der Waals surface area (Å²) >= 11 is 0. The smallest absolute Gasteiger partial charge is 0.272 e. The van der Waals surface area contributed by atoms with E-state index >= 15 is 0 Å². The fourth-order valence-corrected chi connectivity index (χ4v) is 4.65. The van der Waals surface area contributed by atoms with Crippen LogP contribution < -0.4 is 4.74 Å². The molecular weight excluding hydrogens is 392 g/mol. The normalized spacial score (nSPS) is 20.1. The monoisotopic (exact) mass is 422 g/mol. The van der Waals surface area contributed by atoms with Crippen molar-refractivity contribution in [2.45, 2.75) is 25.8 Å². The molecule has 2 aliphatic heterocycles. The largest absolute Gasteiger partial charge is 0.497 e. The number of carbonyl (C=O) groups is 2. The van der Waals surface area contributed by atoms with Gasteiger partial charge in [0.1, 0.15) is 11.4 Å². The van der Waals surface area contributed by atoms with Crippen LogP contribution in [-0.2, 0) is 18.4 Å². The maximum Gasteiger partial charge on any atom is 0.272 e. The average Bonchev–Trinajstić information content (AvgIpc) is 3.15. The van der Waals surface area contributed by atoms with Gasteiger partial charge in [0.15, 0.2) is 0 Å². The summed E-state index contributed by atoms with van der Waals surface area (Å²) in [7, 11) is 3.44. The second kappa shape index (κ2) is 9.37. The van der Waals surface area contributed by atoms with E-state index in [-0.39, 0.29) is 17.7 Å². The van der Waals surface area contributed by atoms with Crippen molar-refractivity contribution in [1.82, 2.24) is 19.6 Å². The maximum absolute atomic E-state index is 13.4. The van der Waals surface area contributed by atoms with Gasteiger partial charge < -0.3 is 14.5 Å². The molecule has 4 rings (SSSR count). The van der Waals surface area contributed by atoms with Crippen molar-refractivity contribution in [2.24, 2.45) is 18.9 Å². The lowest BCUT2D eigenvalue weighted by molar-refractivity contribution is -0.137. The lowest BCUT2D eigenvalue weighted by Gasteiger charge is -2.36. The number of hydrogen-bond donors (Lipinski definition) is 0. The summed E-state index contributed by atoms with van der Waals surface area (Å²) in [6, 6.07) is 9.64. The predicted molar refractivity (Wildman–Crippen MR) is 117 cm³/mol. The zero-order chi connectivity index (χ0) is 21.8. The van der Waals surface area contributed by atoms with Crippen LogP contribution in [-0.4, -0.2) is 58.1 Å². The molecular formula is C24H30N4O3. The molecule has 0 bridgehead atoms. The number of rotatable bonds is 5. The third-order valence-corrected chi connectivity index (χ3v) is 6.45. The quantitative estimate of drug-likeness (QED) is 0.695. The number of aromatic nitrogens is 2. The molecule has 164 valence electrons. The lowest BCUT2D eigenvalue weighted by Crippen LogP contribution is -2.44. The van der Waals surface area contributed by atoms with E-state index in [1.807, 2.05) is 34.1 Å². The van der Waals surface area contributed by atoms with Crippen molar-refractivity contribution in [2.75, 3.05) is 26.7 Å². The number of aryl methyl sites for hydroxylation is 1. The second-order valence-corrected chi connectivity index (χ2v) is 8.35. The fourth-order valence-electron chi connectivity index (χ4n) is 4.65. The minimum atomic E-state index is -0.0293. The number of hydrogen-bond acceptors (Lipinski definition) is 4. The van der Waals surface area contributed by atoms with Gasteiger partial charge in [-0.25, -0.2) is 0 Å². The molecule has 0 saturated carbocycles. The predicted octanol–water partition coefficient (Wildman–Crippen LogP) is 2.89. The number of methoxy groups -OCH3 is 1. The van der Waals surface area contributed by atoms with Crippen LogP contribution in [0.1, 0.15) is 35.3 Å². The highest BCUT2D eigenvalue weighted by Crippen LogP contribution is 2.31. The van der Waals surface area contributed by atoms with Crippen LogP contribution in [0.25, 0.3) is 0 Å². The van der Waals surface area contributed by atoms with Crippen molar-refractivity contribution in [3.05, 3.63) is 59.9 Å². The Hall–Kier alpha value is -3.09. The van der Waals surface area contributed by atoms with Crippen LogP contribution in [0, 0.1) is 11.8 Å². The molecule has 1 fully saturated rings. The van der Waals surface area contributed by atoms with E-state index in [2.05, 4.69) is 17.3 Å². The minimum Gasteiger partial charge on any atom is -0.497 e. The summed E-state index contributed by atoms with van der Waals surface area (Å²) in [6.45, 7) is 2.56. The summed E-state index contributed by atoms with van der Waals surface area (Å²) < 4.78 is 6.94. The highest BCUT2D eigenvalue weighted by molar-refractivity contribution is 5.92. The molecule has 0 spiro atoms. The van der Waals surface area contributed by atoms with Gasteiger partial charge in [-0.15, -0.1) is 0 Å². The molecule has 2 amide bonds. The number of likely N-dealkylation sites (tertiary alicyclic amines) is 1. The average molecular weight is 423 g/mol. The first-order chi connectivity index (χ1) is 15.1. The van der Waals surface area contributed by atoms with E-state index in [0.29, 0.717) is 37.8 Å². The van der Waals surface area contributed by atoms with Crippen molar-refractivity contribution in [1.29, 1.82) is 0 Å². The molecule has 3 heterocycles. The van der Waals surface area contributed by atoms with Crippen molar-refractivity contribution in [3.8, 4) is 5.75 Å². The van der Waals surface area contributed by atoms with Gasteiger partial charge in [0.05, 0.1) is 7.11 Å². The molecule has 0 N–H and O–H groups in total. The summed E-state index contributed by atoms with van der Waals surface area (Å²) in [5.74, 6) is 1.30. The van der Waals surface area contributed by atoms with Crippen LogP contribution >= 0.6 is 0 Å². The van der Waals surface area contributed by atoms with E-state index in [0.717, 1.165) is 30.6 Å². The summed E-state index contributed by atoms with van der Waals surface area (Å²) in [5.41, 5.74) is 1.68. The molecule has 7 nitrogen and oxygen atoms in total. The van der Waals surface area contributed by atoms with Gasteiger partial charge in [-0.05, 0) is 48.9 Å². The van der Waals surface area contributed by atoms with Crippen LogP contribution in [0.2, 0.25) is 0 Å². The van der Waals surface area contributed by atoms with Gasteiger partial charge >= 0.3 is 0 Å². The zero-order valence-electron chi connectivity index (χ0n) is 18.2. The third-order valence-electron chi connectivity index (χ3n) is 6.45. The summed E-state index contributed by atoms with van der Waals surface area (Å²) in [4.78, 5) is 30.0.